The lowest BCUT2D eigenvalue weighted by Crippen LogP contribution is -1.98. The molecular formula is C13H12ClN3. The van der Waals surface area contributed by atoms with E-state index in [1.54, 1.807) is 0 Å². The van der Waals surface area contributed by atoms with E-state index >= 15 is 0 Å². The molecule has 0 N–H and O–H groups in total. The van der Waals surface area contributed by atoms with Gasteiger partial charge in [0.05, 0.1) is 18.2 Å². The Morgan fingerprint density at radius 1 is 1.47 bits per heavy atom. The van der Waals surface area contributed by atoms with E-state index in [1.807, 2.05) is 42.0 Å². The van der Waals surface area contributed by atoms with Gasteiger partial charge in [-0.1, -0.05) is 23.7 Å². The lowest BCUT2D eigenvalue weighted by Gasteiger charge is -1.98. The van der Waals surface area contributed by atoms with Gasteiger partial charge in [0.1, 0.15) is 5.82 Å². The highest BCUT2D eigenvalue weighted by Gasteiger charge is 2.08. The Bertz CT molecular complexity index is 566. The maximum Gasteiger partial charge on any atom is 0.123 e. The number of nitriles is 1. The molecule has 2 aromatic rings. The number of hydrogen-bond donors (Lipinski definition) is 0. The summed E-state index contributed by atoms with van der Waals surface area (Å²) in [5, 5.41) is 9.43. The maximum atomic E-state index is 8.74. The molecule has 17 heavy (non-hydrogen) atoms. The molecule has 0 unspecified atom stereocenters. The number of imidazole rings is 1. The molecular weight excluding hydrogens is 234 g/mol. The average molecular weight is 246 g/mol. The molecule has 3 nitrogen and oxygen atoms in total. The minimum atomic E-state index is 0.328. The van der Waals surface area contributed by atoms with E-state index in [9.17, 15) is 0 Å². The van der Waals surface area contributed by atoms with E-state index in [-0.39, 0.29) is 0 Å². The van der Waals surface area contributed by atoms with Crippen molar-refractivity contribution < 1.29 is 0 Å². The first-order chi connectivity index (χ1) is 8.24. The Labute approximate surface area is 105 Å². The standard InChI is InChI=1S/C13H12ClN3/c1-2-17-9-12(16-13(17)6-7-15)10-4-3-5-11(14)8-10/h3-5,8-9H,2,6H2,1H3. The summed E-state index contributed by atoms with van der Waals surface area (Å²) in [7, 11) is 0. The normalized spacial score (nSPS) is 10.2. The summed E-state index contributed by atoms with van der Waals surface area (Å²) in [6, 6.07) is 9.69. The minimum Gasteiger partial charge on any atom is -0.334 e. The van der Waals surface area contributed by atoms with E-state index in [2.05, 4.69) is 11.1 Å². The Morgan fingerprint density at radius 2 is 2.29 bits per heavy atom. The van der Waals surface area contributed by atoms with Crippen molar-refractivity contribution in [1.82, 2.24) is 9.55 Å². The zero-order valence-electron chi connectivity index (χ0n) is 9.52. The molecule has 0 bridgehead atoms. The molecule has 0 radical (unpaired) electrons. The van der Waals surface area contributed by atoms with Gasteiger partial charge in [0, 0.05) is 23.3 Å². The van der Waals surface area contributed by atoms with Crippen LogP contribution in [0.4, 0.5) is 0 Å². The summed E-state index contributed by atoms with van der Waals surface area (Å²) in [5.41, 5.74) is 1.84. The number of rotatable bonds is 3. The number of benzene rings is 1. The fourth-order valence-electron chi connectivity index (χ4n) is 1.73. The van der Waals surface area contributed by atoms with Crippen LogP contribution in [-0.2, 0) is 13.0 Å². The summed E-state index contributed by atoms with van der Waals surface area (Å²) in [6.45, 7) is 2.84. The fraction of sp³-hybridized carbons (Fsp3) is 0.231. The quantitative estimate of drug-likeness (QED) is 0.833. The molecule has 0 saturated heterocycles. The van der Waals surface area contributed by atoms with Gasteiger partial charge >= 0.3 is 0 Å². The molecule has 0 atom stereocenters. The highest BCUT2D eigenvalue weighted by atomic mass is 35.5. The van der Waals surface area contributed by atoms with Crippen molar-refractivity contribution in [1.29, 1.82) is 5.26 Å². The van der Waals surface area contributed by atoms with Crippen LogP contribution in [0.2, 0.25) is 5.02 Å². The molecule has 1 heterocycles. The number of aryl methyl sites for hydroxylation is 1. The first-order valence-corrected chi connectivity index (χ1v) is 5.81. The van der Waals surface area contributed by atoms with Crippen molar-refractivity contribution in [2.24, 2.45) is 0 Å². The number of aromatic nitrogens is 2. The molecule has 86 valence electrons. The zero-order chi connectivity index (χ0) is 12.3. The van der Waals surface area contributed by atoms with Crippen molar-refractivity contribution >= 4 is 11.6 Å². The highest BCUT2D eigenvalue weighted by Crippen LogP contribution is 2.22. The Balaban J connectivity index is 2.43. The van der Waals surface area contributed by atoms with Crippen molar-refractivity contribution in [3.8, 4) is 17.3 Å². The minimum absolute atomic E-state index is 0.328. The first kappa shape index (κ1) is 11.7. The van der Waals surface area contributed by atoms with Gasteiger partial charge in [0.25, 0.3) is 0 Å². The second-order valence-electron chi connectivity index (χ2n) is 3.67. The van der Waals surface area contributed by atoms with E-state index in [4.69, 9.17) is 16.9 Å². The van der Waals surface area contributed by atoms with Gasteiger partial charge in [-0.2, -0.15) is 5.26 Å². The smallest absolute Gasteiger partial charge is 0.123 e. The second-order valence-corrected chi connectivity index (χ2v) is 4.11. The van der Waals surface area contributed by atoms with Crippen molar-refractivity contribution in [3.63, 3.8) is 0 Å². The van der Waals surface area contributed by atoms with Crippen LogP contribution < -0.4 is 0 Å². The second kappa shape index (κ2) is 5.03. The van der Waals surface area contributed by atoms with Crippen molar-refractivity contribution in [2.75, 3.05) is 0 Å². The topological polar surface area (TPSA) is 41.6 Å². The van der Waals surface area contributed by atoms with Gasteiger partial charge in [-0.05, 0) is 19.1 Å². The van der Waals surface area contributed by atoms with Crippen LogP contribution in [0.1, 0.15) is 12.7 Å². The highest BCUT2D eigenvalue weighted by molar-refractivity contribution is 6.30. The molecule has 0 spiro atoms. The van der Waals surface area contributed by atoms with E-state index in [0.29, 0.717) is 11.4 Å². The molecule has 0 saturated carbocycles. The summed E-state index contributed by atoms with van der Waals surface area (Å²) in [5.74, 6) is 0.796. The Morgan fingerprint density at radius 3 is 2.94 bits per heavy atom. The van der Waals surface area contributed by atoms with Gasteiger partial charge in [0.15, 0.2) is 0 Å². The third-order valence-corrected chi connectivity index (χ3v) is 2.79. The molecule has 0 amide bonds. The number of halogens is 1. The van der Waals surface area contributed by atoms with Gasteiger partial charge in [-0.3, -0.25) is 0 Å². The van der Waals surface area contributed by atoms with Gasteiger partial charge in [0.2, 0.25) is 0 Å². The number of nitrogens with zero attached hydrogens (tertiary/aromatic N) is 3. The Kier molecular flexibility index (Phi) is 3.46. The van der Waals surface area contributed by atoms with Gasteiger partial charge in [-0.15, -0.1) is 0 Å². The van der Waals surface area contributed by atoms with Crippen LogP contribution >= 0.6 is 11.6 Å². The molecule has 1 aromatic carbocycles. The van der Waals surface area contributed by atoms with Crippen LogP contribution in [0.25, 0.3) is 11.3 Å². The van der Waals surface area contributed by atoms with E-state index < -0.39 is 0 Å². The molecule has 0 aliphatic carbocycles. The van der Waals surface area contributed by atoms with Crippen LogP contribution in [0.3, 0.4) is 0 Å². The summed E-state index contributed by atoms with van der Waals surface area (Å²) >= 11 is 5.95. The third-order valence-electron chi connectivity index (χ3n) is 2.56. The molecule has 2 rings (SSSR count). The maximum absolute atomic E-state index is 8.74. The van der Waals surface area contributed by atoms with Crippen LogP contribution in [0.15, 0.2) is 30.5 Å². The molecule has 4 heteroatoms. The Hall–Kier alpha value is -1.79. The lowest BCUT2D eigenvalue weighted by atomic mass is 10.2. The molecule has 0 fully saturated rings. The van der Waals surface area contributed by atoms with Gasteiger partial charge in [-0.25, -0.2) is 4.98 Å². The molecule has 0 aliphatic heterocycles. The van der Waals surface area contributed by atoms with E-state index in [1.165, 1.54) is 0 Å². The van der Waals surface area contributed by atoms with Crippen LogP contribution in [0, 0.1) is 11.3 Å². The van der Waals surface area contributed by atoms with Crippen molar-refractivity contribution in [2.45, 2.75) is 19.9 Å². The average Bonchev–Trinajstić information content (AvgIpc) is 2.73. The zero-order valence-corrected chi connectivity index (χ0v) is 10.3. The summed E-state index contributed by atoms with van der Waals surface area (Å²) in [6.07, 6.45) is 2.28. The lowest BCUT2D eigenvalue weighted by molar-refractivity contribution is 0.717. The summed E-state index contributed by atoms with van der Waals surface area (Å²) < 4.78 is 1.99. The monoisotopic (exact) mass is 245 g/mol. The third kappa shape index (κ3) is 2.48. The van der Waals surface area contributed by atoms with Crippen LogP contribution in [0.5, 0.6) is 0 Å². The molecule has 1 aromatic heterocycles. The predicted molar refractivity (Wildman–Crippen MR) is 67.7 cm³/mol. The summed E-state index contributed by atoms with van der Waals surface area (Å²) in [4.78, 5) is 4.46. The SMILES string of the molecule is CCn1cc(-c2cccc(Cl)c2)nc1CC#N. The number of hydrogen-bond acceptors (Lipinski definition) is 2. The predicted octanol–water partition coefficient (Wildman–Crippen LogP) is 3.29. The van der Waals surface area contributed by atoms with Crippen molar-refractivity contribution in [3.05, 3.63) is 41.3 Å². The first-order valence-electron chi connectivity index (χ1n) is 5.43. The van der Waals surface area contributed by atoms with Crippen LogP contribution in [-0.4, -0.2) is 9.55 Å². The fourth-order valence-corrected chi connectivity index (χ4v) is 1.92. The largest absolute Gasteiger partial charge is 0.334 e. The molecule has 0 aliphatic rings. The van der Waals surface area contributed by atoms with Gasteiger partial charge < -0.3 is 4.57 Å². The van der Waals surface area contributed by atoms with E-state index in [0.717, 1.165) is 23.6 Å².